The van der Waals surface area contributed by atoms with Crippen molar-refractivity contribution >= 4 is 25.8 Å². The van der Waals surface area contributed by atoms with E-state index in [1.165, 1.54) is 38.5 Å². The van der Waals surface area contributed by atoms with Gasteiger partial charge in [-0.3, -0.25) is 4.99 Å². The van der Waals surface area contributed by atoms with E-state index in [2.05, 4.69) is 60.4 Å². The van der Waals surface area contributed by atoms with Crippen molar-refractivity contribution in [2.24, 2.45) is 16.8 Å². The topological polar surface area (TPSA) is 36.4 Å². The highest BCUT2D eigenvalue weighted by Gasteiger charge is 2.24. The fourth-order valence-electron chi connectivity index (χ4n) is 3.44. The van der Waals surface area contributed by atoms with Gasteiger partial charge in [-0.05, 0) is 43.6 Å². The zero-order chi connectivity index (χ0) is 20.7. The molecule has 2 unspecified atom stereocenters. The highest BCUT2D eigenvalue weighted by atomic mass is 32.2. The second-order valence-corrected chi connectivity index (χ2v) is 11.1. The molecule has 0 amide bonds. The highest BCUT2D eigenvalue weighted by Crippen LogP contribution is 2.32. The first-order chi connectivity index (χ1) is 13.3. The molecule has 0 aromatic carbocycles. The third kappa shape index (κ3) is 8.33. The van der Waals surface area contributed by atoms with Crippen LogP contribution >= 0.6 is 21.0 Å². The third-order valence-corrected chi connectivity index (χ3v) is 7.32. The quantitative estimate of drug-likeness (QED) is 0.179. The van der Waals surface area contributed by atoms with Crippen LogP contribution in [0.3, 0.4) is 0 Å². The van der Waals surface area contributed by atoms with Gasteiger partial charge < -0.3 is 10.6 Å². The number of nitrogens with one attached hydrogen (secondary N) is 2. The van der Waals surface area contributed by atoms with Gasteiger partial charge in [-0.25, -0.2) is 0 Å². The van der Waals surface area contributed by atoms with Gasteiger partial charge in [0.25, 0.3) is 0 Å². The molecule has 2 N–H and O–H groups in total. The number of aliphatic imine (C=N–C) groups is 1. The largest absolute Gasteiger partial charge is 0.386 e. The number of nitrogens with zero attached hydrogens (tertiary/aromatic N) is 1. The molecule has 3 nitrogen and oxygen atoms in total. The monoisotopic (exact) mass is 421 g/mol. The Morgan fingerprint density at radius 1 is 1.07 bits per heavy atom. The van der Waals surface area contributed by atoms with Gasteiger partial charge in [-0.2, -0.15) is 0 Å². The van der Waals surface area contributed by atoms with Crippen LogP contribution in [0.5, 0.6) is 0 Å². The summed E-state index contributed by atoms with van der Waals surface area (Å²) in [5, 5.41) is 7.74. The van der Waals surface area contributed by atoms with Crippen LogP contribution < -0.4 is 10.6 Å². The molecule has 0 aromatic rings. The fourth-order valence-corrected chi connectivity index (χ4v) is 5.30. The summed E-state index contributed by atoms with van der Waals surface area (Å²) in [7, 11) is 2.85. The molecule has 0 spiro atoms. The van der Waals surface area contributed by atoms with E-state index >= 15 is 0 Å². The van der Waals surface area contributed by atoms with Gasteiger partial charge in [-0.15, -0.1) is 11.8 Å². The molecule has 0 heterocycles. The van der Waals surface area contributed by atoms with Crippen molar-refractivity contribution in [2.75, 3.05) is 6.54 Å². The van der Waals surface area contributed by atoms with E-state index in [1.807, 2.05) is 11.8 Å². The first-order valence-corrected chi connectivity index (χ1v) is 12.3. The summed E-state index contributed by atoms with van der Waals surface area (Å²) >= 11 is 1.93. The number of hydrogen-bond acceptors (Lipinski definition) is 4. The van der Waals surface area contributed by atoms with Crippen molar-refractivity contribution < 1.29 is 0 Å². The lowest BCUT2D eigenvalue weighted by Gasteiger charge is -2.23. The summed E-state index contributed by atoms with van der Waals surface area (Å²) in [5.41, 5.74) is 3.21. The molecule has 5 heteroatoms. The summed E-state index contributed by atoms with van der Waals surface area (Å²) in [6.45, 7) is 20.2. The van der Waals surface area contributed by atoms with E-state index < -0.39 is 0 Å². The van der Waals surface area contributed by atoms with Gasteiger partial charge in [0.2, 0.25) is 0 Å². The molecule has 2 saturated carbocycles. The van der Waals surface area contributed by atoms with Crippen LogP contribution in [0.2, 0.25) is 0 Å². The predicted molar refractivity (Wildman–Crippen MR) is 131 cm³/mol. The van der Waals surface area contributed by atoms with E-state index in [4.69, 9.17) is 4.99 Å². The minimum Gasteiger partial charge on any atom is -0.386 e. The lowest BCUT2D eigenvalue weighted by molar-refractivity contribution is 0.517. The van der Waals surface area contributed by atoms with Crippen molar-refractivity contribution in [3.05, 3.63) is 36.7 Å². The van der Waals surface area contributed by atoms with Crippen molar-refractivity contribution in [1.29, 1.82) is 0 Å². The first kappa shape index (κ1) is 23.5. The number of rotatable bonds is 12. The zero-order valence-electron chi connectivity index (χ0n) is 18.1. The van der Waals surface area contributed by atoms with Gasteiger partial charge in [-0.1, -0.05) is 62.6 Å². The van der Waals surface area contributed by atoms with Gasteiger partial charge in [0.15, 0.2) is 0 Å². The molecular weight excluding hydrogens is 381 g/mol. The molecule has 3 atom stereocenters. The molecule has 0 aromatic heterocycles. The first-order valence-electron chi connectivity index (χ1n) is 10.8. The minimum absolute atomic E-state index is 0.109. The summed E-state index contributed by atoms with van der Waals surface area (Å²) in [4.78, 5) is 6.13. The summed E-state index contributed by atoms with van der Waals surface area (Å²) in [6.07, 6.45) is 8.90. The van der Waals surface area contributed by atoms with Crippen LogP contribution in [0.25, 0.3) is 0 Å². The van der Waals surface area contributed by atoms with E-state index in [-0.39, 0.29) is 12.0 Å². The smallest absolute Gasteiger partial charge is 0.0904 e. The van der Waals surface area contributed by atoms with Crippen LogP contribution in [0.4, 0.5) is 0 Å². The standard InChI is InChI=1S/C23H40N3PS/c1-15(2)13-22(26-23(27)28-21-9-7-8-10-21)19(6)24-14-16(3)17(4)18(5)25-20-11-12-20/h15,17,20-22,24-25H,3,5-14,27H2,1-2,4H3/t17?,22-/m0/s1. The second kappa shape index (κ2) is 11.5. The zero-order valence-corrected chi connectivity index (χ0v) is 20.1. The molecule has 28 heavy (non-hydrogen) atoms. The van der Waals surface area contributed by atoms with Crippen molar-refractivity contribution in [3.8, 4) is 0 Å². The molecule has 0 aliphatic heterocycles. The molecule has 158 valence electrons. The van der Waals surface area contributed by atoms with Gasteiger partial charge in [0.05, 0.1) is 10.8 Å². The Bertz CT molecular complexity index is 589. The normalized spacial score (nSPS) is 20.1. The van der Waals surface area contributed by atoms with E-state index in [9.17, 15) is 0 Å². The maximum Gasteiger partial charge on any atom is 0.0904 e. The van der Waals surface area contributed by atoms with Crippen molar-refractivity contribution in [3.63, 3.8) is 0 Å². The Kier molecular flexibility index (Phi) is 9.63. The number of thioether (sulfide) groups is 1. The summed E-state index contributed by atoms with van der Waals surface area (Å²) in [6, 6.07) is 0.741. The SMILES string of the molecule is C=C(CNC(=C)[C@H](CC(C)C)N=C(P)SC1CCCC1)C(C)C(=C)NC1CC1. The molecule has 2 aliphatic rings. The van der Waals surface area contributed by atoms with Crippen LogP contribution in [0.15, 0.2) is 41.7 Å². The molecular formula is C23H40N3PS. The number of hydrogen-bond donors (Lipinski definition) is 2. The molecule has 0 saturated heterocycles. The average Bonchev–Trinajstić information content (AvgIpc) is 3.30. The highest BCUT2D eigenvalue weighted by molar-refractivity contribution is 8.21. The van der Waals surface area contributed by atoms with Gasteiger partial charge >= 0.3 is 0 Å². The van der Waals surface area contributed by atoms with E-state index in [0.717, 1.165) is 40.0 Å². The van der Waals surface area contributed by atoms with Gasteiger partial charge in [0.1, 0.15) is 0 Å². The third-order valence-electron chi connectivity index (χ3n) is 5.61. The summed E-state index contributed by atoms with van der Waals surface area (Å²) in [5.74, 6) is 0.828. The molecule has 0 bridgehead atoms. The number of allylic oxidation sites excluding steroid dienone is 1. The predicted octanol–water partition coefficient (Wildman–Crippen LogP) is 5.87. The van der Waals surface area contributed by atoms with Gasteiger partial charge in [0, 0.05) is 35.1 Å². The minimum atomic E-state index is 0.109. The van der Waals surface area contributed by atoms with Crippen LogP contribution in [-0.2, 0) is 0 Å². The Morgan fingerprint density at radius 3 is 2.29 bits per heavy atom. The lowest BCUT2D eigenvalue weighted by atomic mass is 9.98. The van der Waals surface area contributed by atoms with E-state index in [0.29, 0.717) is 12.0 Å². The Morgan fingerprint density at radius 2 is 1.71 bits per heavy atom. The maximum atomic E-state index is 5.01. The maximum absolute atomic E-state index is 5.01. The molecule has 2 rings (SSSR count). The van der Waals surface area contributed by atoms with E-state index in [1.54, 1.807) is 0 Å². The Labute approximate surface area is 179 Å². The van der Waals surface area contributed by atoms with Crippen molar-refractivity contribution in [2.45, 2.75) is 83.1 Å². The summed E-state index contributed by atoms with van der Waals surface area (Å²) < 4.78 is 0. The Hall–Kier alpha value is -0.730. The van der Waals surface area contributed by atoms with Crippen LogP contribution in [0.1, 0.15) is 65.7 Å². The molecule has 2 fully saturated rings. The Balaban J connectivity index is 1.86. The second-order valence-electron chi connectivity index (χ2n) is 8.84. The average molecular weight is 422 g/mol. The van der Waals surface area contributed by atoms with Crippen LogP contribution in [0, 0.1) is 11.8 Å². The van der Waals surface area contributed by atoms with Crippen LogP contribution in [-0.4, -0.2) is 28.7 Å². The van der Waals surface area contributed by atoms with Crippen molar-refractivity contribution in [1.82, 2.24) is 10.6 Å². The molecule has 0 radical (unpaired) electrons. The molecule has 2 aliphatic carbocycles. The fraction of sp³-hybridized carbons (Fsp3) is 0.696. The lowest BCUT2D eigenvalue weighted by Crippen LogP contribution is -2.29.